The number of aromatic hydroxyl groups is 1. The first-order valence-electron chi connectivity index (χ1n) is 19.7. The number of carbonyl (C=O) groups is 3. The van der Waals surface area contributed by atoms with Gasteiger partial charge >= 0.3 is 0 Å². The summed E-state index contributed by atoms with van der Waals surface area (Å²) in [6.45, 7) is 9.46. The number of imide groups is 1. The minimum absolute atomic E-state index is 0.0809. The molecule has 1 saturated carbocycles. The van der Waals surface area contributed by atoms with Crippen LogP contribution >= 0.6 is 0 Å². The van der Waals surface area contributed by atoms with E-state index < -0.39 is 6.04 Å². The number of likely N-dealkylation sites (N-methyl/N-ethyl adjacent to an activating group) is 1. The first kappa shape index (κ1) is 37.1. The Hall–Kier alpha value is -4.79. The monoisotopic (exact) mass is 753 g/mol. The smallest absolute Gasteiger partial charge is 0.255 e. The largest absolute Gasteiger partial charge is 0.507 e. The van der Waals surface area contributed by atoms with Crippen LogP contribution in [-0.2, 0) is 20.9 Å². The number of piperazine rings is 1. The van der Waals surface area contributed by atoms with E-state index in [1.165, 1.54) is 19.5 Å². The third-order valence-corrected chi connectivity index (χ3v) is 12.9. The van der Waals surface area contributed by atoms with E-state index in [0.29, 0.717) is 41.7 Å². The fraction of sp³-hybridized carbons (Fsp3) is 0.537. The number of nitrogens with one attached hydrogen (secondary N) is 2. The standard InChI is InChI=1S/C25H32N4O4.C16H23N5O/c1-33-25(15-27-12-17-10-18(17)13-27)6-8-28(9-7-25)19-3-2-16-14-29(24(32)20(16)11-19)21-4-5-22(30)26-23(21)31;1-20-6-7-21-11(10-20)9-19-16(18)14(21)8-13(17)12-4-2-3-5-15(12)22/h2-3,11,17-18,21H,4-10,12-15H2,1H3,(H,26,30,31);2-5,8,11,19,22H,6-7,9-10,17-18H2,1H3/b;13-8-. The zero-order chi connectivity index (χ0) is 38.4. The number of hydrogen-bond acceptors (Lipinski definition) is 12. The van der Waals surface area contributed by atoms with Crippen molar-refractivity contribution in [1.82, 2.24) is 30.2 Å². The topological polar surface area (TPSA) is 173 Å². The number of para-hydroxylation sites is 1. The first-order chi connectivity index (χ1) is 26.5. The van der Waals surface area contributed by atoms with Crippen molar-refractivity contribution in [3.8, 4) is 5.75 Å². The lowest BCUT2D eigenvalue weighted by Gasteiger charge is -2.45. The van der Waals surface area contributed by atoms with Crippen molar-refractivity contribution in [2.75, 3.05) is 78.0 Å². The summed E-state index contributed by atoms with van der Waals surface area (Å²) in [6, 6.07) is 13.0. The molecule has 0 spiro atoms. The van der Waals surface area contributed by atoms with Gasteiger partial charge in [-0.05, 0) is 80.5 Å². The molecular formula is C41H55N9O5. The minimum atomic E-state index is -0.569. The Bertz CT molecular complexity index is 1880. The molecule has 7 aliphatic rings. The van der Waals surface area contributed by atoms with Crippen molar-refractivity contribution < 1.29 is 24.2 Å². The van der Waals surface area contributed by atoms with E-state index in [4.69, 9.17) is 16.2 Å². The van der Waals surface area contributed by atoms with Crippen LogP contribution in [0.1, 0.15) is 53.6 Å². The summed E-state index contributed by atoms with van der Waals surface area (Å²) in [5.74, 6) is 1.94. The lowest BCUT2D eigenvalue weighted by atomic mass is 9.90. The highest BCUT2D eigenvalue weighted by Crippen LogP contribution is 2.46. The maximum atomic E-state index is 13.1. The number of phenolic OH excluding ortho intramolecular Hbond substituents is 1. The van der Waals surface area contributed by atoms with Gasteiger partial charge in [0, 0.05) is 101 Å². The summed E-state index contributed by atoms with van der Waals surface area (Å²) in [5, 5.41) is 15.6. The van der Waals surface area contributed by atoms with Gasteiger partial charge in [-0.3, -0.25) is 24.6 Å². The second kappa shape index (κ2) is 15.0. The Morgan fingerprint density at radius 3 is 2.51 bits per heavy atom. The van der Waals surface area contributed by atoms with Crippen LogP contribution < -0.4 is 27.0 Å². The molecule has 6 heterocycles. The molecule has 2 aromatic carbocycles. The summed E-state index contributed by atoms with van der Waals surface area (Å²) < 4.78 is 6.07. The van der Waals surface area contributed by atoms with E-state index in [1.807, 2.05) is 31.4 Å². The van der Waals surface area contributed by atoms with Crippen molar-refractivity contribution in [3.05, 3.63) is 76.7 Å². The van der Waals surface area contributed by atoms with Crippen LogP contribution in [0.15, 0.2) is 60.1 Å². The molecular weight excluding hydrogens is 699 g/mol. The quantitative estimate of drug-likeness (QED) is 0.258. The molecule has 5 fully saturated rings. The normalized spacial score (nSPS) is 27.9. The van der Waals surface area contributed by atoms with Crippen LogP contribution in [-0.4, -0.2) is 133 Å². The molecule has 6 aliphatic heterocycles. The fourth-order valence-electron chi connectivity index (χ4n) is 9.45. The number of benzene rings is 2. The van der Waals surface area contributed by atoms with E-state index in [2.05, 4.69) is 43.3 Å². The maximum Gasteiger partial charge on any atom is 0.255 e. The molecule has 3 amide bonds. The van der Waals surface area contributed by atoms with E-state index in [9.17, 15) is 19.5 Å². The lowest BCUT2D eigenvalue weighted by Crippen LogP contribution is -2.58. The van der Waals surface area contributed by atoms with Crippen LogP contribution in [0.3, 0.4) is 0 Å². The van der Waals surface area contributed by atoms with Crippen molar-refractivity contribution >= 4 is 29.1 Å². The van der Waals surface area contributed by atoms with Crippen LogP contribution in [0.4, 0.5) is 5.69 Å². The number of piperidine rings is 3. The molecule has 2 aromatic rings. The Kier molecular flexibility index (Phi) is 10.2. The number of hydrogen-bond donors (Lipinski definition) is 5. The zero-order valence-corrected chi connectivity index (χ0v) is 32.0. The number of nitrogens with zero attached hydrogens (tertiary/aromatic N) is 5. The predicted octanol–water partition coefficient (Wildman–Crippen LogP) is 1.42. The molecule has 55 heavy (non-hydrogen) atoms. The summed E-state index contributed by atoms with van der Waals surface area (Å²) in [4.78, 5) is 48.1. The third kappa shape index (κ3) is 7.59. The molecule has 4 unspecified atom stereocenters. The molecule has 14 nitrogen and oxygen atoms in total. The van der Waals surface area contributed by atoms with Gasteiger partial charge in [-0.15, -0.1) is 0 Å². The van der Waals surface area contributed by atoms with E-state index in [0.717, 1.165) is 87.4 Å². The van der Waals surface area contributed by atoms with Crippen molar-refractivity contribution in [2.24, 2.45) is 23.3 Å². The first-order valence-corrected chi connectivity index (χ1v) is 19.7. The highest BCUT2D eigenvalue weighted by Gasteiger charge is 2.48. The lowest BCUT2D eigenvalue weighted by molar-refractivity contribution is -0.136. The molecule has 0 aromatic heterocycles. The van der Waals surface area contributed by atoms with Gasteiger partial charge in [0.05, 0.1) is 17.3 Å². The number of allylic oxidation sites excluding steroid dienone is 1. The van der Waals surface area contributed by atoms with Crippen LogP contribution in [0.2, 0.25) is 0 Å². The molecule has 4 saturated heterocycles. The second-order valence-corrected chi connectivity index (χ2v) is 16.5. The summed E-state index contributed by atoms with van der Waals surface area (Å²) in [7, 11) is 3.98. The average Bonchev–Trinajstić information content (AvgIpc) is 3.66. The predicted molar refractivity (Wildman–Crippen MR) is 209 cm³/mol. The Morgan fingerprint density at radius 2 is 1.78 bits per heavy atom. The van der Waals surface area contributed by atoms with Crippen molar-refractivity contribution in [1.29, 1.82) is 0 Å². The van der Waals surface area contributed by atoms with Crippen molar-refractivity contribution in [3.63, 3.8) is 0 Å². The zero-order valence-electron chi connectivity index (χ0n) is 32.0. The summed E-state index contributed by atoms with van der Waals surface area (Å²) in [5.41, 5.74) is 17.0. The number of nitrogens with two attached hydrogens (primary N) is 2. The summed E-state index contributed by atoms with van der Waals surface area (Å²) >= 11 is 0. The number of anilines is 1. The highest BCUT2D eigenvalue weighted by atomic mass is 16.5. The van der Waals surface area contributed by atoms with Gasteiger partial charge in [0.1, 0.15) is 17.6 Å². The SMILES string of the molecule is CN1CCN2C(/C=C(\N)c3ccccc3O)=C(N)NCC2C1.COC1(CN2CC3CC3C2)CCN(c2ccc3c(c2)C(=O)N(C2CCC(=O)NC2=O)C3)CC1. The Labute approximate surface area is 323 Å². The number of rotatable bonds is 7. The van der Waals surface area contributed by atoms with Gasteiger partial charge in [0.2, 0.25) is 11.8 Å². The molecule has 9 rings (SSSR count). The number of likely N-dealkylation sites (tertiary alicyclic amines) is 1. The van der Waals surface area contributed by atoms with E-state index in [1.54, 1.807) is 23.1 Å². The van der Waals surface area contributed by atoms with Gasteiger partial charge < -0.3 is 46.2 Å². The fourth-order valence-corrected chi connectivity index (χ4v) is 9.45. The number of fused-ring (bicyclic) bond motifs is 3. The van der Waals surface area contributed by atoms with Gasteiger partial charge in [0.25, 0.3) is 5.91 Å². The third-order valence-electron chi connectivity index (χ3n) is 12.9. The van der Waals surface area contributed by atoms with Gasteiger partial charge in [-0.1, -0.05) is 18.2 Å². The minimum Gasteiger partial charge on any atom is -0.507 e. The maximum absolute atomic E-state index is 13.1. The van der Waals surface area contributed by atoms with Crippen LogP contribution in [0, 0.1) is 11.8 Å². The van der Waals surface area contributed by atoms with Gasteiger partial charge in [0.15, 0.2) is 0 Å². The average molecular weight is 754 g/mol. The Morgan fingerprint density at radius 1 is 1.02 bits per heavy atom. The molecule has 0 radical (unpaired) electrons. The van der Waals surface area contributed by atoms with Crippen LogP contribution in [0.25, 0.3) is 5.70 Å². The number of methoxy groups -OCH3 is 1. The Balaban J connectivity index is 0.000000169. The van der Waals surface area contributed by atoms with E-state index in [-0.39, 0.29) is 35.5 Å². The number of carbonyl (C=O) groups excluding carboxylic acids is 3. The number of phenols is 1. The second-order valence-electron chi connectivity index (χ2n) is 16.5. The van der Waals surface area contributed by atoms with E-state index >= 15 is 0 Å². The summed E-state index contributed by atoms with van der Waals surface area (Å²) in [6.07, 6.45) is 5.89. The van der Waals surface area contributed by atoms with Gasteiger partial charge in [-0.25, -0.2) is 0 Å². The van der Waals surface area contributed by atoms with Gasteiger partial charge in [-0.2, -0.15) is 0 Å². The number of ether oxygens (including phenoxy) is 1. The molecule has 7 N–H and O–H groups in total. The molecule has 1 aliphatic carbocycles. The highest BCUT2D eigenvalue weighted by molar-refractivity contribution is 6.05. The molecule has 294 valence electrons. The van der Waals surface area contributed by atoms with Crippen LogP contribution in [0.5, 0.6) is 5.75 Å². The number of amides is 3. The molecule has 4 atom stereocenters. The molecule has 0 bridgehead atoms. The molecule has 14 heteroatoms. The van der Waals surface area contributed by atoms with Crippen molar-refractivity contribution in [2.45, 2.75) is 56.3 Å².